The highest BCUT2D eigenvalue weighted by atomic mass is 79.9. The molecule has 3 aromatic rings. The van der Waals surface area contributed by atoms with Crippen molar-refractivity contribution in [2.75, 3.05) is 5.32 Å². The Balaban J connectivity index is 1.69. The maximum absolute atomic E-state index is 12.3. The summed E-state index contributed by atoms with van der Waals surface area (Å²) in [6.07, 6.45) is 1.08. The Labute approximate surface area is 160 Å². The van der Waals surface area contributed by atoms with E-state index in [1.165, 1.54) is 16.9 Å². The van der Waals surface area contributed by atoms with Crippen molar-refractivity contribution in [1.29, 1.82) is 0 Å². The molecule has 128 valence electrons. The summed E-state index contributed by atoms with van der Waals surface area (Å²) in [6.45, 7) is 4.43. The molecular weight excluding hydrogens is 396 g/mol. The number of carbonyl (C=O) groups is 1. The summed E-state index contributed by atoms with van der Waals surface area (Å²) < 4.78 is 0.946. The molecule has 25 heavy (non-hydrogen) atoms. The first-order valence-corrected chi connectivity index (χ1v) is 9.80. The first-order chi connectivity index (χ1) is 12.0. The van der Waals surface area contributed by atoms with Crippen LogP contribution < -0.4 is 5.32 Å². The molecule has 0 saturated heterocycles. The minimum atomic E-state index is -0.152. The van der Waals surface area contributed by atoms with Gasteiger partial charge >= 0.3 is 0 Å². The van der Waals surface area contributed by atoms with Crippen LogP contribution in [0.4, 0.5) is 5.13 Å². The average molecular weight is 415 g/mol. The van der Waals surface area contributed by atoms with Gasteiger partial charge in [0, 0.05) is 21.0 Å². The number of rotatable bonds is 5. The van der Waals surface area contributed by atoms with E-state index in [-0.39, 0.29) is 5.91 Å². The minimum Gasteiger partial charge on any atom is -0.298 e. The van der Waals surface area contributed by atoms with Gasteiger partial charge < -0.3 is 0 Å². The molecule has 0 fully saturated rings. The van der Waals surface area contributed by atoms with Crippen LogP contribution in [-0.2, 0) is 6.42 Å². The number of nitrogens with one attached hydrogen (secondary N) is 1. The Bertz CT molecular complexity index is 854. The highest BCUT2D eigenvalue weighted by Crippen LogP contribution is 2.26. The number of amides is 1. The normalized spacial score (nSPS) is 10.9. The number of carbonyl (C=O) groups excluding carboxylic acids is 1. The van der Waals surface area contributed by atoms with Crippen molar-refractivity contribution in [3.8, 4) is 11.3 Å². The first kappa shape index (κ1) is 17.8. The third-order valence-electron chi connectivity index (χ3n) is 3.72. The maximum Gasteiger partial charge on any atom is 0.257 e. The van der Waals surface area contributed by atoms with Crippen LogP contribution >= 0.6 is 27.3 Å². The van der Waals surface area contributed by atoms with Crippen molar-refractivity contribution in [2.45, 2.75) is 20.3 Å². The number of benzene rings is 2. The molecule has 5 heteroatoms. The van der Waals surface area contributed by atoms with Gasteiger partial charge in [0.1, 0.15) is 0 Å². The zero-order chi connectivity index (χ0) is 17.8. The number of thiazole rings is 1. The quantitative estimate of drug-likeness (QED) is 0.553. The third kappa shape index (κ3) is 4.77. The summed E-state index contributed by atoms with van der Waals surface area (Å²) in [7, 11) is 0. The number of aromatic nitrogens is 1. The van der Waals surface area contributed by atoms with Crippen LogP contribution in [0.5, 0.6) is 0 Å². The van der Waals surface area contributed by atoms with E-state index in [0.29, 0.717) is 16.6 Å². The monoisotopic (exact) mass is 414 g/mol. The fraction of sp³-hybridized carbons (Fsp3) is 0.200. The van der Waals surface area contributed by atoms with Crippen molar-refractivity contribution in [2.24, 2.45) is 5.92 Å². The number of hydrogen-bond donors (Lipinski definition) is 1. The molecule has 1 N–H and O–H groups in total. The Morgan fingerprint density at radius 1 is 1.12 bits per heavy atom. The molecule has 2 aromatic carbocycles. The largest absolute Gasteiger partial charge is 0.298 e. The number of halogens is 1. The summed E-state index contributed by atoms with van der Waals surface area (Å²) in [6, 6.07) is 15.7. The second-order valence-corrected chi connectivity index (χ2v) is 8.07. The van der Waals surface area contributed by atoms with E-state index >= 15 is 0 Å². The molecule has 0 aliphatic rings. The van der Waals surface area contributed by atoms with Crippen LogP contribution in [0, 0.1) is 5.92 Å². The highest BCUT2D eigenvalue weighted by Gasteiger charge is 2.10. The lowest BCUT2D eigenvalue weighted by Gasteiger charge is -2.05. The summed E-state index contributed by atoms with van der Waals surface area (Å²) in [5.41, 5.74) is 3.89. The van der Waals surface area contributed by atoms with Gasteiger partial charge in [-0.05, 0) is 42.2 Å². The van der Waals surface area contributed by atoms with Crippen molar-refractivity contribution in [3.05, 3.63) is 69.5 Å². The molecule has 1 aromatic heterocycles. The lowest BCUT2D eigenvalue weighted by atomic mass is 10.0. The molecule has 0 saturated carbocycles. The van der Waals surface area contributed by atoms with E-state index in [1.54, 1.807) is 12.1 Å². The third-order valence-corrected chi connectivity index (χ3v) is 5.01. The average Bonchev–Trinajstić information content (AvgIpc) is 3.04. The van der Waals surface area contributed by atoms with Gasteiger partial charge in [0.25, 0.3) is 5.91 Å². The standard InChI is InChI=1S/C20H19BrN2OS/c1-13(2)11-14-3-5-15(6-4-14)18-12-25-20(22-18)23-19(24)16-7-9-17(21)10-8-16/h3-10,12-13H,11H2,1-2H3,(H,22,23,24). The zero-order valence-corrected chi connectivity index (χ0v) is 16.5. The fourth-order valence-corrected chi connectivity index (χ4v) is 3.50. The van der Waals surface area contributed by atoms with Crippen LogP contribution in [0.3, 0.4) is 0 Å². The molecule has 0 spiro atoms. The summed E-state index contributed by atoms with van der Waals surface area (Å²) >= 11 is 4.80. The van der Waals surface area contributed by atoms with Gasteiger partial charge in [-0.2, -0.15) is 0 Å². The van der Waals surface area contributed by atoms with Gasteiger partial charge in [-0.15, -0.1) is 11.3 Å². The van der Waals surface area contributed by atoms with Crippen LogP contribution in [0.15, 0.2) is 58.4 Å². The molecule has 0 aliphatic heterocycles. The first-order valence-electron chi connectivity index (χ1n) is 8.13. The molecule has 3 nitrogen and oxygen atoms in total. The Morgan fingerprint density at radius 2 is 1.80 bits per heavy atom. The molecular formula is C20H19BrN2OS. The SMILES string of the molecule is CC(C)Cc1ccc(-c2csc(NC(=O)c3ccc(Br)cc3)n2)cc1. The molecule has 1 heterocycles. The molecule has 0 aliphatic carbocycles. The van der Waals surface area contributed by atoms with Crippen LogP contribution in [-0.4, -0.2) is 10.9 Å². The van der Waals surface area contributed by atoms with E-state index in [4.69, 9.17) is 0 Å². The van der Waals surface area contributed by atoms with Crippen molar-refractivity contribution >= 4 is 38.3 Å². The predicted molar refractivity (Wildman–Crippen MR) is 108 cm³/mol. The summed E-state index contributed by atoms with van der Waals surface area (Å²) in [5, 5.41) is 5.43. The van der Waals surface area contributed by atoms with Crippen molar-refractivity contribution in [1.82, 2.24) is 4.98 Å². The Hall–Kier alpha value is -1.98. The molecule has 0 unspecified atom stereocenters. The lowest BCUT2D eigenvalue weighted by molar-refractivity contribution is 0.102. The second-order valence-electron chi connectivity index (χ2n) is 6.29. The lowest BCUT2D eigenvalue weighted by Crippen LogP contribution is -2.11. The number of nitrogens with zero attached hydrogens (tertiary/aromatic N) is 1. The van der Waals surface area contributed by atoms with Gasteiger partial charge in [-0.3, -0.25) is 10.1 Å². The van der Waals surface area contributed by atoms with E-state index in [2.05, 4.69) is 64.3 Å². The Kier molecular flexibility index (Phi) is 5.66. The molecule has 0 atom stereocenters. The van der Waals surface area contributed by atoms with Crippen LogP contribution in [0.2, 0.25) is 0 Å². The number of hydrogen-bond acceptors (Lipinski definition) is 3. The highest BCUT2D eigenvalue weighted by molar-refractivity contribution is 9.10. The van der Waals surface area contributed by atoms with Gasteiger partial charge in [0.05, 0.1) is 5.69 Å². The zero-order valence-electron chi connectivity index (χ0n) is 14.1. The maximum atomic E-state index is 12.3. The second kappa shape index (κ2) is 7.93. The van der Waals surface area contributed by atoms with Crippen molar-refractivity contribution < 1.29 is 4.79 Å². The molecule has 0 bridgehead atoms. The van der Waals surface area contributed by atoms with Gasteiger partial charge in [-0.1, -0.05) is 54.0 Å². The van der Waals surface area contributed by atoms with Gasteiger partial charge in [0.15, 0.2) is 5.13 Å². The van der Waals surface area contributed by atoms with E-state index < -0.39 is 0 Å². The summed E-state index contributed by atoms with van der Waals surface area (Å²) in [5.74, 6) is 0.492. The minimum absolute atomic E-state index is 0.152. The number of anilines is 1. The van der Waals surface area contributed by atoms with E-state index in [9.17, 15) is 4.79 Å². The molecule has 0 radical (unpaired) electrons. The van der Waals surface area contributed by atoms with Crippen molar-refractivity contribution in [3.63, 3.8) is 0 Å². The molecule has 1 amide bonds. The summed E-state index contributed by atoms with van der Waals surface area (Å²) in [4.78, 5) is 16.8. The van der Waals surface area contributed by atoms with E-state index in [0.717, 1.165) is 22.2 Å². The van der Waals surface area contributed by atoms with E-state index in [1.807, 2.05) is 17.5 Å². The van der Waals surface area contributed by atoms with Gasteiger partial charge in [-0.25, -0.2) is 4.98 Å². The van der Waals surface area contributed by atoms with Crippen LogP contribution in [0.1, 0.15) is 29.8 Å². The van der Waals surface area contributed by atoms with Crippen LogP contribution in [0.25, 0.3) is 11.3 Å². The van der Waals surface area contributed by atoms with Gasteiger partial charge in [0.2, 0.25) is 0 Å². The topological polar surface area (TPSA) is 42.0 Å². The predicted octanol–water partition coefficient (Wildman–Crippen LogP) is 6.02. The smallest absolute Gasteiger partial charge is 0.257 e. The Morgan fingerprint density at radius 3 is 2.44 bits per heavy atom. The molecule has 3 rings (SSSR count). The fourth-order valence-electron chi connectivity index (χ4n) is 2.52.